The van der Waals surface area contributed by atoms with Crippen molar-refractivity contribution in [1.82, 2.24) is 14.5 Å². The summed E-state index contributed by atoms with van der Waals surface area (Å²) in [5.74, 6) is 0.880. The molecule has 184 valence electrons. The number of aromatic amines is 1. The van der Waals surface area contributed by atoms with Crippen LogP contribution in [0.4, 0.5) is 0 Å². The number of pyridine rings is 1. The topological polar surface area (TPSA) is 74.1 Å². The number of likely N-dealkylation sites (tertiary alicyclic amines) is 1. The summed E-state index contributed by atoms with van der Waals surface area (Å²) >= 11 is 0. The standard InChI is InChI=1S/C29H36N4O2/c1-18(2)27-25-15-21(20-7-11-33(12-8-20)23-9-13-35-14-10-23)5-6-26(25)31-28(27)24-16-22(17-30)29(34)32(4)19(24)3/h5-6,15-16,18,20,23,31H,7-14H2,1-4H3. The SMILES string of the molecule is Cc1c(-c2[nH]c3ccc(C4CCN(C5CCOCC5)CC4)cc3c2C(C)C)cc(C#N)c(=O)n1C. The third kappa shape index (κ3) is 4.32. The minimum Gasteiger partial charge on any atom is -0.381 e. The van der Waals surface area contributed by atoms with Gasteiger partial charge in [-0.2, -0.15) is 5.26 Å². The Labute approximate surface area is 207 Å². The monoisotopic (exact) mass is 472 g/mol. The molecule has 6 nitrogen and oxygen atoms in total. The fourth-order valence-corrected chi connectivity index (χ4v) is 6.10. The zero-order valence-electron chi connectivity index (χ0n) is 21.4. The molecule has 35 heavy (non-hydrogen) atoms. The fraction of sp³-hybridized carbons (Fsp3) is 0.517. The zero-order chi connectivity index (χ0) is 24.7. The number of aromatic nitrogens is 2. The lowest BCUT2D eigenvalue weighted by molar-refractivity contribution is 0.0252. The average Bonchev–Trinajstić information content (AvgIpc) is 3.27. The van der Waals surface area contributed by atoms with Gasteiger partial charge in [-0.1, -0.05) is 19.9 Å². The Bertz CT molecular complexity index is 1330. The van der Waals surface area contributed by atoms with Crippen molar-refractivity contribution < 1.29 is 4.74 Å². The third-order valence-corrected chi connectivity index (χ3v) is 8.25. The van der Waals surface area contributed by atoms with Crippen LogP contribution in [-0.2, 0) is 11.8 Å². The molecule has 0 radical (unpaired) electrons. The van der Waals surface area contributed by atoms with Crippen LogP contribution in [0.25, 0.3) is 22.2 Å². The predicted octanol–water partition coefficient (Wildman–Crippen LogP) is 5.20. The number of nitriles is 1. The summed E-state index contributed by atoms with van der Waals surface area (Å²) in [6.45, 7) is 10.5. The number of hydrogen-bond donors (Lipinski definition) is 1. The molecule has 4 heterocycles. The molecule has 0 unspecified atom stereocenters. The van der Waals surface area contributed by atoms with Gasteiger partial charge >= 0.3 is 0 Å². The summed E-state index contributed by atoms with van der Waals surface area (Å²) in [7, 11) is 1.74. The molecule has 2 aliphatic rings. The van der Waals surface area contributed by atoms with E-state index in [1.807, 2.05) is 6.92 Å². The fourth-order valence-electron chi connectivity index (χ4n) is 6.10. The van der Waals surface area contributed by atoms with Crippen molar-refractivity contribution in [2.75, 3.05) is 26.3 Å². The van der Waals surface area contributed by atoms with E-state index in [9.17, 15) is 10.1 Å². The molecule has 2 fully saturated rings. The van der Waals surface area contributed by atoms with Crippen molar-refractivity contribution in [1.29, 1.82) is 5.26 Å². The van der Waals surface area contributed by atoms with E-state index in [1.165, 1.54) is 42.2 Å². The first-order chi connectivity index (χ1) is 16.9. The summed E-state index contributed by atoms with van der Waals surface area (Å²) in [6.07, 6.45) is 4.72. The van der Waals surface area contributed by atoms with E-state index >= 15 is 0 Å². The molecule has 5 rings (SSSR count). The van der Waals surface area contributed by atoms with Crippen LogP contribution in [0.3, 0.4) is 0 Å². The highest BCUT2D eigenvalue weighted by Crippen LogP contribution is 2.39. The minimum absolute atomic E-state index is 0.179. The smallest absolute Gasteiger partial charge is 0.268 e. The normalized spacial score (nSPS) is 18.4. The molecular formula is C29H36N4O2. The molecule has 3 aromatic rings. The van der Waals surface area contributed by atoms with Crippen LogP contribution in [0, 0.1) is 18.3 Å². The summed E-state index contributed by atoms with van der Waals surface area (Å²) in [6, 6.07) is 11.4. The van der Waals surface area contributed by atoms with Crippen molar-refractivity contribution in [2.24, 2.45) is 7.05 Å². The number of H-pyrrole nitrogens is 1. The first-order valence-electron chi connectivity index (χ1n) is 13.0. The summed E-state index contributed by atoms with van der Waals surface area (Å²) in [4.78, 5) is 18.8. The molecule has 1 aromatic carbocycles. The zero-order valence-corrected chi connectivity index (χ0v) is 21.4. The highest BCUT2D eigenvalue weighted by atomic mass is 16.5. The maximum absolute atomic E-state index is 12.5. The Morgan fingerprint density at radius 3 is 2.49 bits per heavy atom. The number of nitrogens with zero attached hydrogens (tertiary/aromatic N) is 3. The van der Waals surface area contributed by atoms with E-state index in [1.54, 1.807) is 17.7 Å². The predicted molar refractivity (Wildman–Crippen MR) is 140 cm³/mol. The highest BCUT2D eigenvalue weighted by Gasteiger charge is 2.28. The summed E-state index contributed by atoms with van der Waals surface area (Å²) in [5.41, 5.74) is 6.53. The van der Waals surface area contributed by atoms with Crippen molar-refractivity contribution in [3.8, 4) is 17.3 Å². The highest BCUT2D eigenvalue weighted by molar-refractivity contribution is 5.92. The van der Waals surface area contributed by atoms with Gasteiger partial charge in [0.2, 0.25) is 0 Å². The summed E-state index contributed by atoms with van der Waals surface area (Å²) in [5, 5.41) is 10.8. The van der Waals surface area contributed by atoms with Gasteiger partial charge in [0.05, 0.1) is 5.69 Å². The number of benzene rings is 1. The maximum atomic E-state index is 12.5. The van der Waals surface area contributed by atoms with Crippen LogP contribution in [0.5, 0.6) is 0 Å². The molecule has 6 heteroatoms. The lowest BCUT2D eigenvalue weighted by Gasteiger charge is -2.39. The van der Waals surface area contributed by atoms with Gasteiger partial charge in [-0.3, -0.25) is 4.79 Å². The van der Waals surface area contributed by atoms with E-state index < -0.39 is 0 Å². The van der Waals surface area contributed by atoms with Crippen molar-refractivity contribution >= 4 is 10.9 Å². The van der Waals surface area contributed by atoms with Crippen LogP contribution in [-0.4, -0.2) is 46.8 Å². The van der Waals surface area contributed by atoms with Crippen LogP contribution in [0.1, 0.15) is 73.8 Å². The summed E-state index contributed by atoms with van der Waals surface area (Å²) < 4.78 is 7.14. The van der Waals surface area contributed by atoms with Crippen molar-refractivity contribution in [2.45, 2.75) is 64.3 Å². The van der Waals surface area contributed by atoms with Gasteiger partial charge in [0.15, 0.2) is 0 Å². The third-order valence-electron chi connectivity index (χ3n) is 8.25. The molecule has 0 saturated carbocycles. The van der Waals surface area contributed by atoms with Crippen LogP contribution in [0.2, 0.25) is 0 Å². The van der Waals surface area contributed by atoms with E-state index in [4.69, 9.17) is 4.74 Å². The lowest BCUT2D eigenvalue weighted by atomic mass is 9.86. The second-order valence-electron chi connectivity index (χ2n) is 10.6. The Morgan fingerprint density at radius 2 is 1.83 bits per heavy atom. The minimum atomic E-state index is -0.245. The van der Waals surface area contributed by atoms with Crippen molar-refractivity contribution in [3.63, 3.8) is 0 Å². The van der Waals surface area contributed by atoms with E-state index in [0.29, 0.717) is 17.9 Å². The van der Waals surface area contributed by atoms with Crippen LogP contribution in [0.15, 0.2) is 29.1 Å². The molecule has 2 saturated heterocycles. The van der Waals surface area contributed by atoms with Crippen molar-refractivity contribution in [3.05, 3.63) is 57.0 Å². The number of piperidine rings is 1. The van der Waals surface area contributed by atoms with Gasteiger partial charge in [0.25, 0.3) is 5.56 Å². The second kappa shape index (κ2) is 9.64. The lowest BCUT2D eigenvalue weighted by Crippen LogP contribution is -2.43. The second-order valence-corrected chi connectivity index (χ2v) is 10.6. The van der Waals surface area contributed by atoms with Gasteiger partial charge in [0, 0.05) is 48.5 Å². The average molecular weight is 473 g/mol. The number of ether oxygens (including phenoxy) is 1. The van der Waals surface area contributed by atoms with Gasteiger partial charge < -0.3 is 19.2 Å². The molecule has 0 amide bonds. The molecule has 0 spiro atoms. The van der Waals surface area contributed by atoms with Crippen LogP contribution >= 0.6 is 0 Å². The van der Waals surface area contributed by atoms with Gasteiger partial charge in [0.1, 0.15) is 11.6 Å². The Hall–Kier alpha value is -2.88. The molecular weight excluding hydrogens is 436 g/mol. The molecule has 1 N–H and O–H groups in total. The van der Waals surface area contributed by atoms with Gasteiger partial charge in [-0.15, -0.1) is 0 Å². The molecule has 0 atom stereocenters. The van der Waals surface area contributed by atoms with Gasteiger partial charge in [-0.05, 0) is 86.9 Å². The van der Waals surface area contributed by atoms with Crippen LogP contribution < -0.4 is 5.56 Å². The first kappa shape index (κ1) is 23.8. The van der Waals surface area contributed by atoms with E-state index in [0.717, 1.165) is 48.8 Å². The number of fused-ring (bicyclic) bond motifs is 1. The maximum Gasteiger partial charge on any atom is 0.268 e. The molecule has 0 bridgehead atoms. The van der Waals surface area contributed by atoms with Gasteiger partial charge in [-0.25, -0.2) is 0 Å². The Morgan fingerprint density at radius 1 is 1.11 bits per heavy atom. The number of hydrogen-bond acceptors (Lipinski definition) is 4. The number of nitrogens with one attached hydrogen (secondary N) is 1. The van der Waals surface area contributed by atoms with E-state index in [2.05, 4.69) is 48.0 Å². The first-order valence-corrected chi connectivity index (χ1v) is 13.0. The number of rotatable bonds is 4. The molecule has 2 aliphatic heterocycles. The quantitative estimate of drug-likeness (QED) is 0.567. The Kier molecular flexibility index (Phi) is 6.57. The molecule has 2 aromatic heterocycles. The molecule has 0 aliphatic carbocycles. The Balaban J connectivity index is 1.49. The largest absolute Gasteiger partial charge is 0.381 e. The van der Waals surface area contributed by atoms with E-state index in [-0.39, 0.29) is 11.1 Å².